The molecule has 0 spiro atoms. The first kappa shape index (κ1) is 20.5. The molecule has 0 saturated carbocycles. The Balaban J connectivity index is 1.55. The molecule has 152 valence electrons. The molecule has 0 aliphatic heterocycles. The van der Waals surface area contributed by atoms with Gasteiger partial charge in [-0.3, -0.25) is 14.9 Å². The van der Waals surface area contributed by atoms with Crippen molar-refractivity contribution < 1.29 is 23.6 Å². The number of rotatable bonds is 8. The Morgan fingerprint density at radius 3 is 2.62 bits per heavy atom. The van der Waals surface area contributed by atoms with Gasteiger partial charge in [-0.1, -0.05) is 5.16 Å². The molecule has 1 N–H and O–H groups in total. The van der Waals surface area contributed by atoms with E-state index in [4.69, 9.17) is 14.0 Å². The number of anilines is 1. The molecule has 9 heteroatoms. The number of carbonyl (C=O) groups excluding carboxylic acids is 2. The highest BCUT2D eigenvalue weighted by atomic mass is 32.1. The van der Waals surface area contributed by atoms with Crippen LogP contribution < -0.4 is 10.1 Å². The Labute approximate surface area is 171 Å². The first-order chi connectivity index (χ1) is 14.0. The predicted octanol–water partition coefficient (Wildman–Crippen LogP) is 3.68. The largest absolute Gasteiger partial charge is 0.489 e. The van der Waals surface area contributed by atoms with Gasteiger partial charge in [-0.05, 0) is 45.0 Å². The third-order valence-electron chi connectivity index (χ3n) is 4.08. The minimum absolute atomic E-state index is 0.0807. The molecule has 0 unspecified atom stereocenters. The van der Waals surface area contributed by atoms with Crippen LogP contribution >= 0.6 is 11.3 Å². The summed E-state index contributed by atoms with van der Waals surface area (Å²) in [7, 11) is 0. The number of nitrogens with zero attached hydrogens (tertiary/aromatic N) is 2. The maximum Gasteiger partial charge on any atom is 0.311 e. The number of esters is 1. The van der Waals surface area contributed by atoms with E-state index in [0.717, 1.165) is 17.0 Å². The number of nitrogens with one attached hydrogen (secondary N) is 1. The van der Waals surface area contributed by atoms with Gasteiger partial charge in [0.25, 0.3) is 5.91 Å². The van der Waals surface area contributed by atoms with E-state index in [-0.39, 0.29) is 18.3 Å². The number of aryl methyl sites for hydroxylation is 2. The van der Waals surface area contributed by atoms with Gasteiger partial charge in [-0.2, -0.15) is 0 Å². The lowest BCUT2D eigenvalue weighted by atomic mass is 10.2. The molecule has 0 radical (unpaired) electrons. The van der Waals surface area contributed by atoms with Crippen molar-refractivity contribution in [3.63, 3.8) is 0 Å². The van der Waals surface area contributed by atoms with Crippen LogP contribution in [0.2, 0.25) is 0 Å². The van der Waals surface area contributed by atoms with Crippen molar-refractivity contribution in [2.45, 2.75) is 33.8 Å². The van der Waals surface area contributed by atoms with E-state index in [1.165, 1.54) is 11.3 Å². The number of carbonyl (C=O) groups is 2. The summed E-state index contributed by atoms with van der Waals surface area (Å²) in [5.74, 6) is 0.721. The highest BCUT2D eigenvalue weighted by Crippen LogP contribution is 2.20. The molecule has 0 bridgehead atoms. The molecule has 0 saturated heterocycles. The predicted molar refractivity (Wildman–Crippen MR) is 107 cm³/mol. The second kappa shape index (κ2) is 9.33. The lowest BCUT2D eigenvalue weighted by Gasteiger charge is -2.07. The first-order valence-corrected chi connectivity index (χ1v) is 9.90. The number of benzene rings is 1. The zero-order valence-corrected chi connectivity index (χ0v) is 17.2. The van der Waals surface area contributed by atoms with Crippen molar-refractivity contribution in [3.8, 4) is 5.75 Å². The molecule has 0 aliphatic carbocycles. The summed E-state index contributed by atoms with van der Waals surface area (Å²) < 4.78 is 15.7. The minimum atomic E-state index is -0.345. The van der Waals surface area contributed by atoms with E-state index in [1.807, 2.05) is 13.8 Å². The van der Waals surface area contributed by atoms with Crippen LogP contribution in [0.5, 0.6) is 5.75 Å². The molecule has 3 rings (SSSR count). The number of hydrogen-bond acceptors (Lipinski definition) is 8. The third kappa shape index (κ3) is 5.41. The lowest BCUT2D eigenvalue weighted by Crippen LogP contribution is -2.12. The number of hydrogen-bond donors (Lipinski definition) is 1. The average Bonchev–Trinajstić information content (AvgIpc) is 3.26. The van der Waals surface area contributed by atoms with Gasteiger partial charge in [-0.15, -0.1) is 11.3 Å². The zero-order chi connectivity index (χ0) is 20.8. The van der Waals surface area contributed by atoms with Crippen LogP contribution in [0.15, 0.2) is 34.2 Å². The monoisotopic (exact) mass is 415 g/mol. The second-order valence-corrected chi connectivity index (χ2v) is 7.05. The molecule has 29 heavy (non-hydrogen) atoms. The Bertz CT molecular complexity index is 974. The summed E-state index contributed by atoms with van der Waals surface area (Å²) in [6.07, 6.45) is 0.0807. The van der Waals surface area contributed by atoms with Crippen molar-refractivity contribution in [1.82, 2.24) is 10.1 Å². The van der Waals surface area contributed by atoms with Gasteiger partial charge in [0, 0.05) is 10.9 Å². The van der Waals surface area contributed by atoms with Crippen LogP contribution in [0, 0.1) is 13.8 Å². The van der Waals surface area contributed by atoms with Gasteiger partial charge in [-0.25, -0.2) is 4.98 Å². The third-order valence-corrected chi connectivity index (χ3v) is 4.89. The lowest BCUT2D eigenvalue weighted by molar-refractivity contribution is -0.142. The first-order valence-electron chi connectivity index (χ1n) is 9.02. The van der Waals surface area contributed by atoms with E-state index in [0.29, 0.717) is 35.4 Å². The SMILES string of the molecule is CCOC(=O)Cc1csc(NC(=O)c2ccc(OCc3c(C)noc3C)cc2)n1. The molecule has 8 nitrogen and oxygen atoms in total. The van der Waals surface area contributed by atoms with Crippen LogP contribution in [0.3, 0.4) is 0 Å². The van der Waals surface area contributed by atoms with Gasteiger partial charge in [0.2, 0.25) is 0 Å². The minimum Gasteiger partial charge on any atom is -0.489 e. The molecule has 2 heterocycles. The zero-order valence-electron chi connectivity index (χ0n) is 16.4. The molecule has 1 amide bonds. The number of aromatic nitrogens is 2. The summed E-state index contributed by atoms with van der Waals surface area (Å²) in [4.78, 5) is 28.1. The van der Waals surface area contributed by atoms with Crippen LogP contribution in [-0.4, -0.2) is 28.6 Å². The number of ether oxygens (including phenoxy) is 2. The summed E-state index contributed by atoms with van der Waals surface area (Å²) in [5.41, 5.74) is 2.74. The Morgan fingerprint density at radius 2 is 1.97 bits per heavy atom. The summed E-state index contributed by atoms with van der Waals surface area (Å²) in [6.45, 7) is 6.11. The highest BCUT2D eigenvalue weighted by molar-refractivity contribution is 7.14. The van der Waals surface area contributed by atoms with E-state index in [1.54, 1.807) is 36.6 Å². The molecule has 1 aromatic carbocycles. The number of amides is 1. The summed E-state index contributed by atoms with van der Waals surface area (Å²) >= 11 is 1.25. The normalized spacial score (nSPS) is 10.6. The van der Waals surface area contributed by atoms with Crippen molar-refractivity contribution in [2.75, 3.05) is 11.9 Å². The van der Waals surface area contributed by atoms with E-state index < -0.39 is 0 Å². The Kier molecular flexibility index (Phi) is 6.61. The smallest absolute Gasteiger partial charge is 0.311 e. The van der Waals surface area contributed by atoms with Crippen molar-refractivity contribution in [1.29, 1.82) is 0 Å². The molecule has 0 aliphatic rings. The fourth-order valence-electron chi connectivity index (χ4n) is 2.54. The maximum absolute atomic E-state index is 12.4. The standard InChI is InChI=1S/C20H21N3O5S/c1-4-26-18(24)9-15-11-29-20(21-15)22-19(25)14-5-7-16(8-6-14)27-10-17-12(2)23-28-13(17)3/h5-8,11H,4,9-10H2,1-3H3,(H,21,22,25). The average molecular weight is 415 g/mol. The number of thiazole rings is 1. The van der Waals surface area contributed by atoms with Gasteiger partial charge in [0.15, 0.2) is 5.13 Å². The van der Waals surface area contributed by atoms with Gasteiger partial charge < -0.3 is 14.0 Å². The van der Waals surface area contributed by atoms with Gasteiger partial charge >= 0.3 is 5.97 Å². The quantitative estimate of drug-likeness (QED) is 0.560. The van der Waals surface area contributed by atoms with Crippen LogP contribution in [0.1, 0.15) is 40.0 Å². The van der Waals surface area contributed by atoms with Crippen LogP contribution in [-0.2, 0) is 22.6 Å². The van der Waals surface area contributed by atoms with Gasteiger partial charge in [0.05, 0.1) is 30.0 Å². The summed E-state index contributed by atoms with van der Waals surface area (Å²) in [5, 5.41) is 8.77. The highest BCUT2D eigenvalue weighted by Gasteiger charge is 2.13. The molecule has 3 aromatic rings. The summed E-state index contributed by atoms with van der Waals surface area (Å²) in [6, 6.07) is 6.79. The molecule has 0 fully saturated rings. The van der Waals surface area contributed by atoms with E-state index in [2.05, 4.69) is 15.5 Å². The van der Waals surface area contributed by atoms with Crippen molar-refractivity contribution in [2.24, 2.45) is 0 Å². The maximum atomic E-state index is 12.4. The molecule has 2 aromatic heterocycles. The molecular weight excluding hydrogens is 394 g/mol. The van der Waals surface area contributed by atoms with Crippen molar-refractivity contribution >= 4 is 28.3 Å². The van der Waals surface area contributed by atoms with Crippen molar-refractivity contribution in [3.05, 3.63) is 57.9 Å². The second-order valence-electron chi connectivity index (χ2n) is 6.20. The van der Waals surface area contributed by atoms with Crippen LogP contribution in [0.25, 0.3) is 0 Å². The Hall–Kier alpha value is -3.20. The van der Waals surface area contributed by atoms with E-state index in [9.17, 15) is 9.59 Å². The van der Waals surface area contributed by atoms with E-state index >= 15 is 0 Å². The fraction of sp³-hybridized carbons (Fsp3) is 0.300. The van der Waals surface area contributed by atoms with Gasteiger partial charge in [0.1, 0.15) is 18.1 Å². The fourth-order valence-corrected chi connectivity index (χ4v) is 3.25. The Morgan fingerprint density at radius 1 is 1.21 bits per heavy atom. The van der Waals surface area contributed by atoms with Crippen LogP contribution in [0.4, 0.5) is 5.13 Å². The topological polar surface area (TPSA) is 104 Å². The molecular formula is C20H21N3O5S. The molecule has 0 atom stereocenters.